The second-order valence-corrected chi connectivity index (χ2v) is 3.94. The molecule has 0 saturated carbocycles. The first-order valence-corrected chi connectivity index (χ1v) is 5.84. The Balaban J connectivity index is 2.78. The van der Waals surface area contributed by atoms with Gasteiger partial charge in [-0.3, -0.25) is 0 Å². The van der Waals surface area contributed by atoms with E-state index in [2.05, 4.69) is 24.3 Å². The van der Waals surface area contributed by atoms with Crippen molar-refractivity contribution in [1.29, 1.82) is 0 Å². The van der Waals surface area contributed by atoms with Crippen LogP contribution in [0.2, 0.25) is 0 Å². The Morgan fingerprint density at radius 1 is 1.50 bits per heavy atom. The smallest absolute Gasteiger partial charge is 0.0315 e. The van der Waals surface area contributed by atoms with E-state index in [-0.39, 0.29) is 6.04 Å². The lowest BCUT2D eigenvalue weighted by molar-refractivity contribution is 0.657. The van der Waals surface area contributed by atoms with Gasteiger partial charge >= 0.3 is 0 Å². The number of thioether (sulfide) groups is 1. The molecule has 14 heavy (non-hydrogen) atoms. The standard InChI is InChI=1S/C12H15NS/c1-3-4-8-11(13)10-7-5-6-9-12(10)14-2/h1,5-7,9,11H,4,8,13H2,2H3. The van der Waals surface area contributed by atoms with Crippen molar-refractivity contribution in [2.75, 3.05) is 6.26 Å². The molecule has 1 nitrogen and oxygen atoms in total. The fourth-order valence-electron chi connectivity index (χ4n) is 1.37. The minimum atomic E-state index is 0.0645. The van der Waals surface area contributed by atoms with E-state index < -0.39 is 0 Å². The van der Waals surface area contributed by atoms with Gasteiger partial charge in [-0.2, -0.15) is 0 Å². The normalized spacial score (nSPS) is 12.1. The average Bonchev–Trinajstić information content (AvgIpc) is 2.25. The zero-order chi connectivity index (χ0) is 10.4. The number of terminal acetylenes is 1. The molecule has 0 amide bonds. The van der Waals surface area contributed by atoms with Crippen LogP contribution >= 0.6 is 11.8 Å². The number of rotatable bonds is 4. The van der Waals surface area contributed by atoms with Gasteiger partial charge in [-0.05, 0) is 24.3 Å². The Morgan fingerprint density at radius 3 is 2.86 bits per heavy atom. The van der Waals surface area contributed by atoms with E-state index in [9.17, 15) is 0 Å². The van der Waals surface area contributed by atoms with Crippen molar-refractivity contribution in [3.05, 3.63) is 29.8 Å². The molecular weight excluding hydrogens is 190 g/mol. The first-order valence-electron chi connectivity index (χ1n) is 4.61. The molecule has 0 aliphatic heterocycles. The molecule has 0 saturated heterocycles. The molecule has 0 fully saturated rings. The van der Waals surface area contributed by atoms with Gasteiger partial charge in [0.15, 0.2) is 0 Å². The second-order valence-electron chi connectivity index (χ2n) is 3.09. The van der Waals surface area contributed by atoms with Crippen LogP contribution in [0.15, 0.2) is 29.2 Å². The van der Waals surface area contributed by atoms with Crippen LogP contribution in [0.3, 0.4) is 0 Å². The maximum absolute atomic E-state index is 6.05. The third kappa shape index (κ3) is 2.80. The van der Waals surface area contributed by atoms with Crippen molar-refractivity contribution in [3.63, 3.8) is 0 Å². The Hall–Kier alpha value is -0.910. The van der Waals surface area contributed by atoms with Crippen molar-refractivity contribution in [2.45, 2.75) is 23.8 Å². The van der Waals surface area contributed by atoms with Crippen molar-refractivity contribution in [1.82, 2.24) is 0 Å². The average molecular weight is 205 g/mol. The lowest BCUT2D eigenvalue weighted by Gasteiger charge is -2.13. The molecule has 2 N–H and O–H groups in total. The highest BCUT2D eigenvalue weighted by atomic mass is 32.2. The first-order chi connectivity index (χ1) is 6.79. The van der Waals surface area contributed by atoms with Gasteiger partial charge in [-0.1, -0.05) is 18.2 Å². The number of benzene rings is 1. The van der Waals surface area contributed by atoms with Crippen molar-refractivity contribution >= 4 is 11.8 Å². The molecular formula is C12H15NS. The highest BCUT2D eigenvalue weighted by molar-refractivity contribution is 7.98. The molecule has 0 spiro atoms. The summed E-state index contributed by atoms with van der Waals surface area (Å²) in [7, 11) is 0. The summed E-state index contributed by atoms with van der Waals surface area (Å²) in [5.74, 6) is 2.62. The van der Waals surface area contributed by atoms with E-state index in [0.29, 0.717) is 0 Å². The number of hydrogen-bond donors (Lipinski definition) is 1. The monoisotopic (exact) mass is 205 g/mol. The lowest BCUT2D eigenvalue weighted by Crippen LogP contribution is -2.10. The molecule has 74 valence electrons. The van der Waals surface area contributed by atoms with Gasteiger partial charge in [0, 0.05) is 17.4 Å². The van der Waals surface area contributed by atoms with Crippen LogP contribution in [0.25, 0.3) is 0 Å². The van der Waals surface area contributed by atoms with E-state index in [1.807, 2.05) is 12.1 Å². The third-order valence-electron chi connectivity index (χ3n) is 2.14. The summed E-state index contributed by atoms with van der Waals surface area (Å²) in [6, 6.07) is 8.28. The van der Waals surface area contributed by atoms with Gasteiger partial charge < -0.3 is 5.73 Å². The molecule has 1 aromatic carbocycles. The summed E-state index contributed by atoms with van der Waals surface area (Å²) in [5, 5.41) is 0. The summed E-state index contributed by atoms with van der Waals surface area (Å²) in [5.41, 5.74) is 7.25. The highest BCUT2D eigenvalue weighted by Gasteiger charge is 2.08. The fraction of sp³-hybridized carbons (Fsp3) is 0.333. The van der Waals surface area contributed by atoms with Crippen LogP contribution in [-0.4, -0.2) is 6.26 Å². The Morgan fingerprint density at radius 2 is 2.21 bits per heavy atom. The van der Waals surface area contributed by atoms with Gasteiger partial charge in [-0.25, -0.2) is 0 Å². The number of nitrogens with two attached hydrogens (primary N) is 1. The first kappa shape index (κ1) is 11.2. The van der Waals surface area contributed by atoms with Crippen molar-refractivity contribution in [2.24, 2.45) is 5.73 Å². The molecule has 2 heteroatoms. The predicted octanol–water partition coefficient (Wildman–Crippen LogP) is 2.82. The van der Waals surface area contributed by atoms with Crippen LogP contribution in [0.5, 0.6) is 0 Å². The Bertz CT molecular complexity index is 327. The lowest BCUT2D eigenvalue weighted by atomic mass is 10.0. The zero-order valence-corrected chi connectivity index (χ0v) is 9.18. The van der Waals surface area contributed by atoms with E-state index >= 15 is 0 Å². The molecule has 0 aromatic heterocycles. The highest BCUT2D eigenvalue weighted by Crippen LogP contribution is 2.26. The van der Waals surface area contributed by atoms with Crippen LogP contribution < -0.4 is 5.73 Å². The van der Waals surface area contributed by atoms with Crippen LogP contribution in [-0.2, 0) is 0 Å². The zero-order valence-electron chi connectivity index (χ0n) is 8.36. The molecule has 0 radical (unpaired) electrons. The second kappa shape index (κ2) is 5.74. The van der Waals surface area contributed by atoms with E-state index in [4.69, 9.17) is 12.2 Å². The maximum atomic E-state index is 6.05. The SMILES string of the molecule is C#CCCC(N)c1ccccc1SC. The summed E-state index contributed by atoms with van der Waals surface area (Å²) in [4.78, 5) is 1.25. The van der Waals surface area contributed by atoms with Crippen LogP contribution in [0.4, 0.5) is 0 Å². The van der Waals surface area contributed by atoms with Gasteiger partial charge in [-0.15, -0.1) is 24.1 Å². The summed E-state index contributed by atoms with van der Waals surface area (Å²) < 4.78 is 0. The van der Waals surface area contributed by atoms with Crippen LogP contribution in [0.1, 0.15) is 24.4 Å². The van der Waals surface area contributed by atoms with E-state index in [1.54, 1.807) is 11.8 Å². The molecule has 0 bridgehead atoms. The summed E-state index contributed by atoms with van der Waals surface area (Å²) >= 11 is 1.73. The van der Waals surface area contributed by atoms with Gasteiger partial charge in [0.1, 0.15) is 0 Å². The molecule has 1 unspecified atom stereocenters. The van der Waals surface area contributed by atoms with E-state index in [0.717, 1.165) is 12.8 Å². The van der Waals surface area contributed by atoms with Crippen molar-refractivity contribution in [3.8, 4) is 12.3 Å². The topological polar surface area (TPSA) is 26.0 Å². The molecule has 0 aliphatic carbocycles. The largest absolute Gasteiger partial charge is 0.324 e. The van der Waals surface area contributed by atoms with Crippen LogP contribution in [0, 0.1) is 12.3 Å². The van der Waals surface area contributed by atoms with E-state index in [1.165, 1.54) is 10.5 Å². The minimum Gasteiger partial charge on any atom is -0.324 e. The summed E-state index contributed by atoms with van der Waals surface area (Å²) in [6.07, 6.45) is 8.87. The minimum absolute atomic E-state index is 0.0645. The molecule has 0 heterocycles. The van der Waals surface area contributed by atoms with Gasteiger partial charge in [0.05, 0.1) is 0 Å². The Labute approximate surface area is 90.1 Å². The quantitative estimate of drug-likeness (QED) is 0.604. The fourth-order valence-corrected chi connectivity index (χ4v) is 2.04. The molecule has 0 aliphatic rings. The predicted molar refractivity (Wildman–Crippen MR) is 63.2 cm³/mol. The molecule has 1 rings (SSSR count). The maximum Gasteiger partial charge on any atom is 0.0315 e. The van der Waals surface area contributed by atoms with Crippen molar-refractivity contribution < 1.29 is 0 Å². The molecule has 1 aromatic rings. The van der Waals surface area contributed by atoms with Gasteiger partial charge in [0.2, 0.25) is 0 Å². The van der Waals surface area contributed by atoms with Gasteiger partial charge in [0.25, 0.3) is 0 Å². The third-order valence-corrected chi connectivity index (χ3v) is 2.95. The number of hydrogen-bond acceptors (Lipinski definition) is 2. The Kier molecular flexibility index (Phi) is 4.58. The molecule has 1 atom stereocenters. The summed E-state index contributed by atoms with van der Waals surface area (Å²) in [6.45, 7) is 0.